The fourth-order valence-electron chi connectivity index (χ4n) is 4.94. The molecule has 2 bridgehead atoms. The minimum Gasteiger partial charge on any atom is -0.363 e. The first-order valence-electron chi connectivity index (χ1n) is 11.2. The number of piperidine rings is 2. The molecule has 5 heterocycles. The lowest BCUT2D eigenvalue weighted by Gasteiger charge is -2.50. The molecule has 3 aromatic heterocycles. The number of fused-ring (bicyclic) bond motifs is 3. The highest BCUT2D eigenvalue weighted by atomic mass is 19.4. The molecule has 2 aliphatic heterocycles. The maximum Gasteiger partial charge on any atom is 0.417 e. The molecule has 0 radical (unpaired) electrons. The number of carbonyl (C=O) groups is 1. The van der Waals surface area contributed by atoms with Crippen LogP contribution in [0.5, 0.6) is 0 Å². The summed E-state index contributed by atoms with van der Waals surface area (Å²) in [7, 11) is 0. The van der Waals surface area contributed by atoms with Gasteiger partial charge in [-0.3, -0.25) is 9.78 Å². The Bertz CT molecular complexity index is 1250. The van der Waals surface area contributed by atoms with Crippen LogP contribution in [0.3, 0.4) is 0 Å². The number of rotatable bonds is 4. The summed E-state index contributed by atoms with van der Waals surface area (Å²) in [4.78, 5) is 32.0. The van der Waals surface area contributed by atoms with Gasteiger partial charge in [0.25, 0.3) is 5.91 Å². The monoisotopic (exact) mass is 486 g/mol. The van der Waals surface area contributed by atoms with Gasteiger partial charge in [-0.1, -0.05) is 0 Å². The Hall–Kier alpha value is -3.63. The number of amides is 1. The van der Waals surface area contributed by atoms with Crippen molar-refractivity contribution in [2.45, 2.75) is 44.4 Å². The van der Waals surface area contributed by atoms with Crippen LogP contribution in [0.15, 0.2) is 43.0 Å². The molecule has 1 N–H and O–H groups in total. The van der Waals surface area contributed by atoms with Crippen LogP contribution in [0.1, 0.15) is 40.9 Å². The molecule has 182 valence electrons. The molecule has 35 heavy (non-hydrogen) atoms. The van der Waals surface area contributed by atoms with E-state index < -0.39 is 17.6 Å². The fourth-order valence-corrected chi connectivity index (χ4v) is 4.94. The molecule has 3 aromatic rings. The predicted molar refractivity (Wildman–Crippen MR) is 119 cm³/mol. The smallest absolute Gasteiger partial charge is 0.363 e. The molecule has 1 amide bonds. The van der Waals surface area contributed by atoms with E-state index in [-0.39, 0.29) is 35.4 Å². The average molecular weight is 486 g/mol. The number of hydrogen-bond acceptors (Lipinski definition) is 6. The molecule has 7 nitrogen and oxygen atoms in total. The van der Waals surface area contributed by atoms with Gasteiger partial charge in [0.15, 0.2) is 17.5 Å². The summed E-state index contributed by atoms with van der Waals surface area (Å²) in [5.74, 6) is -1.06. The second kappa shape index (κ2) is 8.86. The van der Waals surface area contributed by atoms with Crippen molar-refractivity contribution in [2.75, 3.05) is 11.9 Å². The number of anilines is 1. The van der Waals surface area contributed by atoms with Gasteiger partial charge in [-0.25, -0.2) is 19.3 Å². The van der Waals surface area contributed by atoms with Gasteiger partial charge in [-0.05, 0) is 55.9 Å². The lowest BCUT2D eigenvalue weighted by Crippen LogP contribution is -2.60. The molecule has 0 spiro atoms. The van der Waals surface area contributed by atoms with Gasteiger partial charge < -0.3 is 10.2 Å². The number of aryl methyl sites for hydroxylation is 1. The molecule has 3 fully saturated rings. The normalized spacial score (nSPS) is 21.7. The molecule has 3 aliphatic rings. The third-order valence-corrected chi connectivity index (χ3v) is 6.56. The van der Waals surface area contributed by atoms with E-state index in [1.165, 1.54) is 0 Å². The Balaban J connectivity index is 1.42. The van der Waals surface area contributed by atoms with Crippen molar-refractivity contribution in [3.05, 3.63) is 65.6 Å². The number of pyridine rings is 2. The molecule has 0 aromatic carbocycles. The average Bonchev–Trinajstić information content (AvgIpc) is 2.85. The SMILES string of the molecule is Cc1cnc(C(=O)N2CC3CCC2C(Nc2ncc(C(F)(F)F)cc2F)C3)c(-c2ncccn2)c1. The lowest BCUT2D eigenvalue weighted by molar-refractivity contribution is -0.138. The van der Waals surface area contributed by atoms with E-state index in [0.29, 0.717) is 43.0 Å². The highest BCUT2D eigenvalue weighted by molar-refractivity contribution is 5.98. The third kappa shape index (κ3) is 4.54. The second-order valence-corrected chi connectivity index (χ2v) is 8.99. The van der Waals surface area contributed by atoms with Crippen molar-refractivity contribution in [3.8, 4) is 11.4 Å². The lowest BCUT2D eigenvalue weighted by atomic mass is 9.76. The number of carbonyl (C=O) groups excluding carboxylic acids is 1. The molecule has 1 saturated carbocycles. The van der Waals surface area contributed by atoms with E-state index in [1.54, 1.807) is 29.6 Å². The molecular formula is C24H22F4N6O. The van der Waals surface area contributed by atoms with Crippen LogP contribution >= 0.6 is 0 Å². The van der Waals surface area contributed by atoms with E-state index in [4.69, 9.17) is 0 Å². The Morgan fingerprint density at radius 2 is 1.86 bits per heavy atom. The number of alkyl halides is 3. The Morgan fingerprint density at radius 1 is 1.09 bits per heavy atom. The van der Waals surface area contributed by atoms with Crippen molar-refractivity contribution in [1.29, 1.82) is 0 Å². The zero-order valence-corrected chi connectivity index (χ0v) is 18.8. The van der Waals surface area contributed by atoms with E-state index >= 15 is 0 Å². The summed E-state index contributed by atoms with van der Waals surface area (Å²) in [5.41, 5.74) is 0.458. The standard InChI is InChI=1S/C24H22F4N6O/c1-13-7-16(21-29-5-2-6-30-21)20(31-10-13)23(35)34-12-14-3-4-19(34)18(8-14)33-22-17(25)9-15(11-32-22)24(26,27)28/h2,5-7,9-11,14,18-19H,3-4,8,12H2,1H3,(H,32,33). The van der Waals surface area contributed by atoms with Gasteiger partial charge in [-0.2, -0.15) is 13.2 Å². The van der Waals surface area contributed by atoms with Crippen molar-refractivity contribution in [3.63, 3.8) is 0 Å². The minimum absolute atomic E-state index is 0.167. The van der Waals surface area contributed by atoms with Crippen molar-refractivity contribution in [1.82, 2.24) is 24.8 Å². The van der Waals surface area contributed by atoms with Gasteiger partial charge in [-0.15, -0.1) is 0 Å². The van der Waals surface area contributed by atoms with Crippen LogP contribution in [-0.4, -0.2) is 49.4 Å². The fraction of sp³-hybridized carbons (Fsp3) is 0.375. The maximum absolute atomic E-state index is 14.4. The summed E-state index contributed by atoms with van der Waals surface area (Å²) in [6, 6.07) is 3.29. The first kappa shape index (κ1) is 23.1. The predicted octanol–water partition coefficient (Wildman–Crippen LogP) is 4.51. The number of halogens is 4. The van der Waals surface area contributed by atoms with Crippen LogP contribution < -0.4 is 5.32 Å². The molecule has 6 rings (SSSR count). The first-order valence-corrected chi connectivity index (χ1v) is 11.2. The second-order valence-electron chi connectivity index (χ2n) is 8.99. The highest BCUT2D eigenvalue weighted by Gasteiger charge is 2.44. The zero-order valence-electron chi connectivity index (χ0n) is 18.8. The van der Waals surface area contributed by atoms with Crippen LogP contribution in [0.2, 0.25) is 0 Å². The maximum atomic E-state index is 14.4. The van der Waals surface area contributed by atoms with Gasteiger partial charge >= 0.3 is 6.18 Å². The van der Waals surface area contributed by atoms with Gasteiger partial charge in [0.1, 0.15) is 5.69 Å². The molecule has 3 atom stereocenters. The van der Waals surface area contributed by atoms with E-state index in [1.807, 2.05) is 13.0 Å². The Kier molecular flexibility index (Phi) is 5.86. The third-order valence-electron chi connectivity index (χ3n) is 6.56. The minimum atomic E-state index is -4.68. The molecule has 3 unspecified atom stereocenters. The topological polar surface area (TPSA) is 83.9 Å². The van der Waals surface area contributed by atoms with Gasteiger partial charge in [0.2, 0.25) is 0 Å². The Morgan fingerprint density at radius 3 is 2.54 bits per heavy atom. The van der Waals surface area contributed by atoms with E-state index in [0.717, 1.165) is 12.0 Å². The van der Waals surface area contributed by atoms with Crippen LogP contribution in [-0.2, 0) is 6.18 Å². The van der Waals surface area contributed by atoms with Crippen molar-refractivity contribution in [2.24, 2.45) is 5.92 Å². The van der Waals surface area contributed by atoms with Crippen molar-refractivity contribution >= 4 is 11.7 Å². The van der Waals surface area contributed by atoms with Crippen LogP contribution in [0.4, 0.5) is 23.4 Å². The molecule has 11 heteroatoms. The quantitative estimate of drug-likeness (QED) is 0.547. The summed E-state index contributed by atoms with van der Waals surface area (Å²) < 4.78 is 53.1. The molecular weight excluding hydrogens is 464 g/mol. The summed E-state index contributed by atoms with van der Waals surface area (Å²) in [5, 5.41) is 2.96. The zero-order chi connectivity index (χ0) is 24.7. The summed E-state index contributed by atoms with van der Waals surface area (Å²) in [6.07, 6.45) is 2.97. The number of aromatic nitrogens is 4. The first-order chi connectivity index (χ1) is 16.7. The van der Waals surface area contributed by atoms with Crippen molar-refractivity contribution < 1.29 is 22.4 Å². The van der Waals surface area contributed by atoms with Crippen LogP contribution in [0, 0.1) is 18.7 Å². The largest absolute Gasteiger partial charge is 0.417 e. The number of nitrogens with one attached hydrogen (secondary N) is 1. The van der Waals surface area contributed by atoms with E-state index in [2.05, 4.69) is 25.3 Å². The van der Waals surface area contributed by atoms with Gasteiger partial charge in [0, 0.05) is 37.4 Å². The van der Waals surface area contributed by atoms with E-state index in [9.17, 15) is 22.4 Å². The number of hydrogen-bond donors (Lipinski definition) is 1. The highest BCUT2D eigenvalue weighted by Crippen LogP contribution is 2.38. The van der Waals surface area contributed by atoms with Crippen LogP contribution in [0.25, 0.3) is 11.4 Å². The molecule has 2 saturated heterocycles. The van der Waals surface area contributed by atoms with Gasteiger partial charge in [0.05, 0.1) is 17.2 Å². The summed E-state index contributed by atoms with van der Waals surface area (Å²) in [6.45, 7) is 2.39. The number of nitrogens with zero attached hydrogens (tertiary/aromatic N) is 5. The Labute approximate surface area is 198 Å². The molecule has 1 aliphatic carbocycles. The summed E-state index contributed by atoms with van der Waals surface area (Å²) >= 11 is 0.